The summed E-state index contributed by atoms with van der Waals surface area (Å²) in [6, 6.07) is 4.86. The Morgan fingerprint density at radius 2 is 1.78 bits per heavy atom. The Morgan fingerprint density at radius 3 is 2.44 bits per heavy atom. The molecule has 0 atom stereocenters. The van der Waals surface area contributed by atoms with Crippen molar-refractivity contribution in [1.29, 1.82) is 0 Å². The Morgan fingerprint density at radius 1 is 1.03 bits per heavy atom. The molecule has 2 aliphatic rings. The van der Waals surface area contributed by atoms with E-state index in [9.17, 15) is 31.5 Å². The van der Waals surface area contributed by atoms with Crippen molar-refractivity contribution >= 4 is 11.8 Å². The molecule has 4 heterocycles. The second-order valence-corrected chi connectivity index (χ2v) is 8.73. The Balaban J connectivity index is 1.37. The lowest BCUT2D eigenvalue weighted by Gasteiger charge is -2.33. The number of rotatable bonds is 3. The highest BCUT2D eigenvalue weighted by molar-refractivity contribution is 5.98. The number of fused-ring (bicyclic) bond motifs is 1. The summed E-state index contributed by atoms with van der Waals surface area (Å²) in [5, 5.41) is 7.40. The Labute approximate surface area is 201 Å². The van der Waals surface area contributed by atoms with Crippen LogP contribution in [-0.4, -0.2) is 44.6 Å². The molecule has 2 aromatic heterocycles. The summed E-state index contributed by atoms with van der Waals surface area (Å²) in [6.07, 6.45) is -1.85. The largest absolute Gasteiger partial charge is 0.419 e. The van der Waals surface area contributed by atoms with Gasteiger partial charge in [0, 0.05) is 44.1 Å². The molecule has 5 rings (SSSR count). The van der Waals surface area contributed by atoms with Crippen molar-refractivity contribution in [2.75, 3.05) is 13.1 Å². The molecular formula is C24H20F5N5O2. The number of nitrogens with one attached hydrogen (secondary N) is 1. The molecule has 7 nitrogen and oxygen atoms in total. The zero-order valence-electron chi connectivity index (χ0n) is 18.8. The third-order valence-corrected chi connectivity index (χ3v) is 6.62. The normalized spacial score (nSPS) is 16.3. The minimum atomic E-state index is -5.05. The lowest BCUT2D eigenvalue weighted by atomic mass is 9.86. The number of piperidine rings is 1. The molecule has 0 bridgehead atoms. The maximum absolute atomic E-state index is 14.0. The van der Waals surface area contributed by atoms with Crippen LogP contribution in [-0.2, 0) is 19.3 Å². The Bertz CT molecular complexity index is 1330. The summed E-state index contributed by atoms with van der Waals surface area (Å²) >= 11 is 0. The number of carbonyl (C=O) groups is 2. The van der Waals surface area contributed by atoms with Crippen molar-refractivity contribution in [2.45, 2.75) is 38.0 Å². The van der Waals surface area contributed by atoms with Gasteiger partial charge in [-0.2, -0.15) is 23.0 Å². The van der Waals surface area contributed by atoms with E-state index in [1.54, 1.807) is 12.1 Å². The lowest BCUT2D eigenvalue weighted by molar-refractivity contribution is -0.141. The predicted octanol–water partition coefficient (Wildman–Crippen LogP) is 3.89. The topological polar surface area (TPSA) is 80.1 Å². The van der Waals surface area contributed by atoms with E-state index < -0.39 is 41.1 Å². The monoisotopic (exact) mass is 505 g/mol. The molecule has 3 aromatic rings. The van der Waals surface area contributed by atoms with Gasteiger partial charge in [0.25, 0.3) is 11.8 Å². The van der Waals surface area contributed by atoms with Crippen LogP contribution in [0, 0.1) is 11.6 Å². The van der Waals surface area contributed by atoms with Gasteiger partial charge in [-0.25, -0.2) is 8.78 Å². The molecule has 0 saturated carbocycles. The van der Waals surface area contributed by atoms with Crippen LogP contribution in [0.5, 0.6) is 0 Å². The van der Waals surface area contributed by atoms with Crippen molar-refractivity contribution in [2.24, 2.45) is 0 Å². The van der Waals surface area contributed by atoms with Crippen LogP contribution in [0.25, 0.3) is 0 Å². The minimum absolute atomic E-state index is 0.103. The minimum Gasteiger partial charge on any atom is -0.337 e. The van der Waals surface area contributed by atoms with Gasteiger partial charge in [0.15, 0.2) is 17.3 Å². The summed E-state index contributed by atoms with van der Waals surface area (Å²) in [5.74, 6) is -5.04. The molecule has 2 aliphatic heterocycles. The molecule has 0 aliphatic carbocycles. The molecule has 0 unspecified atom stereocenters. The molecule has 0 radical (unpaired) electrons. The van der Waals surface area contributed by atoms with E-state index >= 15 is 0 Å². The molecule has 1 N–H and O–H groups in total. The average molecular weight is 505 g/mol. The van der Waals surface area contributed by atoms with Gasteiger partial charge < -0.3 is 10.2 Å². The van der Waals surface area contributed by atoms with Crippen molar-refractivity contribution in [3.8, 4) is 0 Å². The van der Waals surface area contributed by atoms with Gasteiger partial charge in [-0.1, -0.05) is 6.07 Å². The number of benzene rings is 1. The lowest BCUT2D eigenvalue weighted by Crippen LogP contribution is -2.39. The maximum atomic E-state index is 14.0. The smallest absolute Gasteiger partial charge is 0.337 e. The van der Waals surface area contributed by atoms with E-state index in [1.807, 2.05) is 0 Å². The van der Waals surface area contributed by atoms with Crippen LogP contribution >= 0.6 is 0 Å². The second-order valence-electron chi connectivity index (χ2n) is 8.73. The Kier molecular flexibility index (Phi) is 6.07. The van der Waals surface area contributed by atoms with E-state index in [-0.39, 0.29) is 37.2 Å². The fourth-order valence-corrected chi connectivity index (χ4v) is 4.85. The molecule has 1 aromatic carbocycles. The van der Waals surface area contributed by atoms with E-state index in [0.29, 0.717) is 36.0 Å². The third kappa shape index (κ3) is 4.15. The summed E-state index contributed by atoms with van der Waals surface area (Å²) in [4.78, 5) is 31.6. The fraction of sp³-hybridized carbons (Fsp3) is 0.333. The summed E-state index contributed by atoms with van der Waals surface area (Å²) in [7, 11) is 0. The summed E-state index contributed by atoms with van der Waals surface area (Å²) in [6.45, 7) is 0.897. The number of pyridine rings is 1. The Hall–Kier alpha value is -3.67. The van der Waals surface area contributed by atoms with Crippen molar-refractivity contribution in [3.05, 3.63) is 81.9 Å². The first-order valence-corrected chi connectivity index (χ1v) is 11.3. The van der Waals surface area contributed by atoms with E-state index in [0.717, 1.165) is 6.07 Å². The van der Waals surface area contributed by atoms with Crippen molar-refractivity contribution in [3.63, 3.8) is 0 Å². The van der Waals surface area contributed by atoms with Crippen LogP contribution in [0.15, 0.2) is 36.7 Å². The van der Waals surface area contributed by atoms with E-state index in [4.69, 9.17) is 0 Å². The van der Waals surface area contributed by atoms with Gasteiger partial charge in [-0.05, 0) is 42.5 Å². The number of carbonyl (C=O) groups excluding carboxylic acids is 2. The molecule has 0 spiro atoms. The highest BCUT2D eigenvalue weighted by atomic mass is 19.4. The number of hydrogen-bond donors (Lipinski definition) is 1. The standard InChI is InChI=1S/C24H20F5N5O2/c25-17-4-3-15(19(20(17)26)24(27,28)29)13-5-8-33(9-6-13)23(36)21-16-11-31-12-18(16)34(32-21)22(35)14-2-1-7-30-10-14/h1-4,7,10,13,31H,5-6,8-9,11-12H2. The van der Waals surface area contributed by atoms with Gasteiger partial charge in [-0.3, -0.25) is 14.6 Å². The first-order valence-electron chi connectivity index (χ1n) is 11.3. The zero-order chi connectivity index (χ0) is 25.6. The maximum Gasteiger partial charge on any atom is 0.419 e. The van der Waals surface area contributed by atoms with Crippen LogP contribution < -0.4 is 5.32 Å². The quantitative estimate of drug-likeness (QED) is 0.547. The predicted molar refractivity (Wildman–Crippen MR) is 116 cm³/mol. The number of aromatic nitrogens is 3. The van der Waals surface area contributed by atoms with E-state index in [2.05, 4.69) is 15.4 Å². The molecule has 12 heteroatoms. The fourth-order valence-electron chi connectivity index (χ4n) is 4.85. The molecule has 1 fully saturated rings. The van der Waals surface area contributed by atoms with Crippen LogP contribution in [0.1, 0.15) is 62.0 Å². The first kappa shape index (κ1) is 24.0. The third-order valence-electron chi connectivity index (χ3n) is 6.62. The average Bonchev–Trinajstić information content (AvgIpc) is 3.48. The van der Waals surface area contributed by atoms with Crippen LogP contribution in [0.2, 0.25) is 0 Å². The molecule has 1 saturated heterocycles. The number of alkyl halides is 3. The number of amides is 1. The van der Waals surface area contributed by atoms with Gasteiger partial charge in [0.2, 0.25) is 0 Å². The number of nitrogens with zero attached hydrogens (tertiary/aromatic N) is 4. The highest BCUT2D eigenvalue weighted by Gasteiger charge is 2.41. The van der Waals surface area contributed by atoms with Gasteiger partial charge >= 0.3 is 6.18 Å². The highest BCUT2D eigenvalue weighted by Crippen LogP contribution is 2.41. The number of hydrogen-bond acceptors (Lipinski definition) is 5. The van der Waals surface area contributed by atoms with Crippen molar-refractivity contribution in [1.82, 2.24) is 25.0 Å². The van der Waals surface area contributed by atoms with Gasteiger partial charge in [-0.15, -0.1) is 0 Å². The zero-order valence-corrected chi connectivity index (χ0v) is 18.8. The summed E-state index contributed by atoms with van der Waals surface area (Å²) in [5.41, 5.74) is -0.331. The SMILES string of the molecule is O=C(c1nn(C(=O)c2cccnc2)c2c1CNC2)N1CCC(c2ccc(F)c(F)c2C(F)(F)F)CC1. The molecular weight excluding hydrogens is 485 g/mol. The molecule has 36 heavy (non-hydrogen) atoms. The first-order chi connectivity index (χ1) is 17.2. The number of halogens is 5. The number of likely N-dealkylation sites (tertiary alicyclic amines) is 1. The second kappa shape index (κ2) is 9.08. The van der Waals surface area contributed by atoms with E-state index in [1.165, 1.54) is 22.0 Å². The van der Waals surface area contributed by atoms with Gasteiger partial charge in [0.1, 0.15) is 0 Å². The summed E-state index contributed by atoms with van der Waals surface area (Å²) < 4.78 is 69.2. The van der Waals surface area contributed by atoms with Gasteiger partial charge in [0.05, 0.1) is 16.8 Å². The molecule has 1 amide bonds. The van der Waals surface area contributed by atoms with Crippen LogP contribution in [0.3, 0.4) is 0 Å². The van der Waals surface area contributed by atoms with Crippen LogP contribution in [0.4, 0.5) is 22.0 Å². The van der Waals surface area contributed by atoms with Crippen molar-refractivity contribution < 1.29 is 31.5 Å². The molecule has 188 valence electrons.